The number of nitrogens with zero attached hydrogens (tertiary/aromatic N) is 1. The van der Waals surface area contributed by atoms with E-state index >= 15 is 0 Å². The molecule has 0 aliphatic carbocycles. The van der Waals surface area contributed by atoms with Crippen LogP contribution in [-0.4, -0.2) is 22.4 Å². The van der Waals surface area contributed by atoms with E-state index in [4.69, 9.17) is 4.74 Å². The second-order valence-corrected chi connectivity index (χ2v) is 3.61. The third-order valence-corrected chi connectivity index (χ3v) is 2.35. The van der Waals surface area contributed by atoms with Gasteiger partial charge in [0, 0.05) is 6.07 Å². The molecule has 5 nitrogen and oxygen atoms in total. The summed E-state index contributed by atoms with van der Waals surface area (Å²) in [5, 5.41) is 15.8. The van der Waals surface area contributed by atoms with Gasteiger partial charge in [-0.15, -0.1) is 0 Å². The van der Waals surface area contributed by atoms with Gasteiger partial charge in [-0.05, 0) is 29.8 Å². The highest BCUT2D eigenvalue weighted by Crippen LogP contribution is 2.26. The van der Waals surface area contributed by atoms with E-state index in [1.807, 2.05) is 0 Å². The van der Waals surface area contributed by atoms with Crippen LogP contribution in [0.25, 0.3) is 12.2 Å². The van der Waals surface area contributed by atoms with Gasteiger partial charge in [0.1, 0.15) is 0 Å². The fraction of sp³-hybridized carbons (Fsp3) is 0.0769. The molecule has 2 N–H and O–H groups in total. The van der Waals surface area contributed by atoms with Crippen LogP contribution < -0.4 is 10.3 Å². The van der Waals surface area contributed by atoms with Crippen LogP contribution in [0.15, 0.2) is 35.1 Å². The summed E-state index contributed by atoms with van der Waals surface area (Å²) in [6, 6.07) is 8.08. The molecule has 0 aliphatic rings. The quantitative estimate of drug-likeness (QED) is 0.860. The molecule has 0 aliphatic heterocycles. The molecule has 1 aromatic carbocycles. The first kappa shape index (κ1) is 11.9. The molecule has 0 radical (unpaired) electrons. The molecule has 2 rings (SSSR count). The number of ether oxygens (including phenoxy) is 1. The predicted octanol–water partition coefficient (Wildman–Crippen LogP) is 1.65. The van der Waals surface area contributed by atoms with Crippen LogP contribution in [0.1, 0.15) is 11.3 Å². The van der Waals surface area contributed by atoms with Gasteiger partial charge in [0.15, 0.2) is 11.5 Å². The molecule has 0 spiro atoms. The number of aromatic hydroxyl groups is 1. The van der Waals surface area contributed by atoms with Crippen molar-refractivity contribution < 1.29 is 9.84 Å². The molecule has 0 saturated carbocycles. The zero-order valence-electron chi connectivity index (χ0n) is 9.75. The molecule has 5 heteroatoms. The fourth-order valence-electron chi connectivity index (χ4n) is 1.44. The molecule has 0 unspecified atom stereocenters. The van der Waals surface area contributed by atoms with Gasteiger partial charge in [0.25, 0.3) is 5.56 Å². The van der Waals surface area contributed by atoms with E-state index in [1.165, 1.54) is 13.2 Å². The predicted molar refractivity (Wildman–Crippen MR) is 68.4 cm³/mol. The summed E-state index contributed by atoms with van der Waals surface area (Å²) < 4.78 is 4.95. The summed E-state index contributed by atoms with van der Waals surface area (Å²) in [6.45, 7) is 0. The smallest absolute Gasteiger partial charge is 0.264 e. The molecule has 0 atom stereocenters. The lowest BCUT2D eigenvalue weighted by molar-refractivity contribution is 0.373. The first-order chi connectivity index (χ1) is 8.69. The lowest BCUT2D eigenvalue weighted by atomic mass is 10.2. The Bertz CT molecular complexity index is 612. The number of phenolic OH excluding ortho intramolecular Hbond substituents is 1. The van der Waals surface area contributed by atoms with Crippen LogP contribution in [0.2, 0.25) is 0 Å². The lowest BCUT2D eigenvalue weighted by Gasteiger charge is -2.03. The van der Waals surface area contributed by atoms with Crippen molar-refractivity contribution in [2.45, 2.75) is 0 Å². The van der Waals surface area contributed by atoms with Crippen LogP contribution in [0, 0.1) is 0 Å². The minimum Gasteiger partial charge on any atom is -0.504 e. The first-order valence-corrected chi connectivity index (χ1v) is 5.30. The highest BCUT2D eigenvalue weighted by Gasteiger charge is 2.00. The van der Waals surface area contributed by atoms with Crippen LogP contribution in [0.5, 0.6) is 11.5 Å². The Morgan fingerprint density at radius 1 is 1.28 bits per heavy atom. The van der Waals surface area contributed by atoms with E-state index < -0.39 is 0 Å². The third-order valence-electron chi connectivity index (χ3n) is 2.35. The number of benzene rings is 1. The maximum absolute atomic E-state index is 10.8. The molecule has 0 saturated heterocycles. The monoisotopic (exact) mass is 244 g/mol. The number of hydrogen-bond acceptors (Lipinski definition) is 4. The minimum atomic E-state index is -0.241. The van der Waals surface area contributed by atoms with E-state index in [0.29, 0.717) is 11.4 Å². The Balaban J connectivity index is 2.21. The van der Waals surface area contributed by atoms with Gasteiger partial charge in [-0.25, -0.2) is 5.10 Å². The number of aromatic amines is 1. The normalized spacial score (nSPS) is 10.7. The average Bonchev–Trinajstić information content (AvgIpc) is 2.38. The number of nitrogens with one attached hydrogen (secondary N) is 1. The van der Waals surface area contributed by atoms with Crippen LogP contribution >= 0.6 is 0 Å². The summed E-state index contributed by atoms with van der Waals surface area (Å²) in [6.07, 6.45) is 3.51. The van der Waals surface area contributed by atoms with Crippen LogP contribution in [0.3, 0.4) is 0 Å². The second-order valence-electron chi connectivity index (χ2n) is 3.61. The summed E-state index contributed by atoms with van der Waals surface area (Å²) in [4.78, 5) is 10.8. The molecule has 92 valence electrons. The lowest BCUT2D eigenvalue weighted by Crippen LogP contribution is -2.05. The zero-order chi connectivity index (χ0) is 13.0. The van der Waals surface area contributed by atoms with Crippen molar-refractivity contribution in [1.82, 2.24) is 10.2 Å². The summed E-state index contributed by atoms with van der Waals surface area (Å²) >= 11 is 0. The summed E-state index contributed by atoms with van der Waals surface area (Å²) in [7, 11) is 1.49. The van der Waals surface area contributed by atoms with Crippen molar-refractivity contribution >= 4 is 12.2 Å². The van der Waals surface area contributed by atoms with Crippen LogP contribution in [-0.2, 0) is 0 Å². The second kappa shape index (κ2) is 5.18. The Morgan fingerprint density at radius 3 is 2.72 bits per heavy atom. The Morgan fingerprint density at radius 2 is 2.11 bits per heavy atom. The van der Waals surface area contributed by atoms with Crippen molar-refractivity contribution in [3.8, 4) is 11.5 Å². The van der Waals surface area contributed by atoms with Gasteiger partial charge >= 0.3 is 0 Å². The maximum atomic E-state index is 10.8. The number of H-pyrrole nitrogens is 1. The molecule has 0 amide bonds. The van der Waals surface area contributed by atoms with Crippen molar-refractivity contribution in [2.24, 2.45) is 0 Å². The molecule has 18 heavy (non-hydrogen) atoms. The maximum Gasteiger partial charge on any atom is 0.264 e. The van der Waals surface area contributed by atoms with Crippen LogP contribution in [0.4, 0.5) is 0 Å². The van der Waals surface area contributed by atoms with E-state index in [9.17, 15) is 9.90 Å². The van der Waals surface area contributed by atoms with Crippen molar-refractivity contribution in [2.75, 3.05) is 7.11 Å². The van der Waals surface area contributed by atoms with Crippen molar-refractivity contribution in [3.05, 3.63) is 51.9 Å². The van der Waals surface area contributed by atoms with Gasteiger partial charge in [-0.1, -0.05) is 12.1 Å². The molecule has 0 fully saturated rings. The van der Waals surface area contributed by atoms with Crippen molar-refractivity contribution in [1.29, 1.82) is 0 Å². The molecule has 1 heterocycles. The van der Waals surface area contributed by atoms with Gasteiger partial charge in [-0.3, -0.25) is 4.79 Å². The SMILES string of the molecule is COc1ccc(C=Cc2ccc(=O)[nH]n2)cc1O. The number of phenols is 1. The highest BCUT2D eigenvalue weighted by atomic mass is 16.5. The minimum absolute atomic E-state index is 0.0778. The summed E-state index contributed by atoms with van der Waals surface area (Å²) in [5.41, 5.74) is 1.19. The zero-order valence-corrected chi connectivity index (χ0v) is 9.75. The Labute approximate surface area is 103 Å². The van der Waals surface area contributed by atoms with Gasteiger partial charge in [-0.2, -0.15) is 5.10 Å². The fourth-order valence-corrected chi connectivity index (χ4v) is 1.44. The molecule has 2 aromatic rings. The van der Waals surface area contributed by atoms with E-state index in [-0.39, 0.29) is 11.3 Å². The molecule has 0 bridgehead atoms. The largest absolute Gasteiger partial charge is 0.504 e. The molecule has 1 aromatic heterocycles. The Hall–Kier alpha value is -2.56. The summed E-state index contributed by atoms with van der Waals surface area (Å²) in [5.74, 6) is 0.503. The van der Waals surface area contributed by atoms with Gasteiger partial charge < -0.3 is 9.84 Å². The van der Waals surface area contributed by atoms with Gasteiger partial charge in [0.2, 0.25) is 0 Å². The van der Waals surface area contributed by atoms with Gasteiger partial charge in [0.05, 0.1) is 12.8 Å². The highest BCUT2D eigenvalue weighted by molar-refractivity contribution is 5.69. The number of rotatable bonds is 3. The average molecular weight is 244 g/mol. The third kappa shape index (κ3) is 2.76. The van der Waals surface area contributed by atoms with E-state index in [1.54, 1.807) is 36.4 Å². The number of methoxy groups -OCH3 is 1. The Kier molecular flexibility index (Phi) is 3.43. The number of aromatic nitrogens is 2. The van der Waals surface area contributed by atoms with E-state index in [2.05, 4.69) is 10.2 Å². The first-order valence-electron chi connectivity index (χ1n) is 5.30. The van der Waals surface area contributed by atoms with E-state index in [0.717, 1.165) is 5.56 Å². The standard InChI is InChI=1S/C13H12N2O3/c1-18-12-6-3-9(8-11(12)16)2-4-10-5-7-13(17)15-14-10/h2-8,16H,1H3,(H,15,17). The topological polar surface area (TPSA) is 75.2 Å². The molecular weight excluding hydrogens is 232 g/mol. The number of hydrogen-bond donors (Lipinski definition) is 2. The van der Waals surface area contributed by atoms with Crippen molar-refractivity contribution in [3.63, 3.8) is 0 Å². The molecular formula is C13H12N2O3.